The minimum absolute atomic E-state index is 0.0365. The van der Waals surface area contributed by atoms with Crippen LogP contribution in [-0.4, -0.2) is 28.2 Å². The van der Waals surface area contributed by atoms with Gasteiger partial charge in [-0.3, -0.25) is 14.6 Å². The molecule has 7 heteroatoms. The van der Waals surface area contributed by atoms with Gasteiger partial charge in [-0.1, -0.05) is 6.07 Å². The molecule has 29 heavy (non-hydrogen) atoms. The zero-order chi connectivity index (χ0) is 20.2. The van der Waals surface area contributed by atoms with Gasteiger partial charge in [-0.15, -0.1) is 0 Å². The smallest absolute Gasteiger partial charge is 0.225 e. The third-order valence-electron chi connectivity index (χ3n) is 4.91. The molecule has 4 rings (SSSR count). The maximum absolute atomic E-state index is 13.0. The largest absolute Gasteiger partial charge is 0.459 e. The van der Waals surface area contributed by atoms with E-state index >= 15 is 0 Å². The van der Waals surface area contributed by atoms with Crippen molar-refractivity contribution in [3.8, 4) is 11.3 Å². The lowest BCUT2D eigenvalue weighted by Crippen LogP contribution is -2.32. The van der Waals surface area contributed by atoms with Gasteiger partial charge in [0.15, 0.2) is 0 Å². The number of nitrogens with one attached hydrogen (secondary N) is 1. The molecule has 1 saturated heterocycles. The number of rotatable bonds is 6. The molecule has 1 N–H and O–H groups in total. The number of hydrogen-bond donors (Lipinski definition) is 1. The molecule has 2 aromatic heterocycles. The van der Waals surface area contributed by atoms with Gasteiger partial charge in [0, 0.05) is 37.5 Å². The standard InChI is InChI=1S/C22H20FN3O3/c23-18-5-3-16(4-6-18)20-8-7-19(29-20)12-25-22(28)17-10-21(27)26(14-17)13-15-2-1-9-24-11-15/h1-9,11,17H,10,12-14H2,(H,25,28). The van der Waals surface area contributed by atoms with E-state index in [0.29, 0.717) is 24.6 Å². The van der Waals surface area contributed by atoms with E-state index in [1.54, 1.807) is 41.6 Å². The van der Waals surface area contributed by atoms with Crippen LogP contribution in [0.4, 0.5) is 4.39 Å². The Bertz CT molecular complexity index is 1000. The lowest BCUT2D eigenvalue weighted by Gasteiger charge is -2.16. The van der Waals surface area contributed by atoms with E-state index in [0.717, 1.165) is 11.1 Å². The average Bonchev–Trinajstić information content (AvgIpc) is 3.35. The van der Waals surface area contributed by atoms with E-state index < -0.39 is 0 Å². The zero-order valence-corrected chi connectivity index (χ0v) is 15.7. The second-order valence-corrected chi connectivity index (χ2v) is 7.03. The Labute approximate surface area is 167 Å². The molecule has 3 aromatic rings. The number of amides is 2. The van der Waals surface area contributed by atoms with Crippen LogP contribution in [0.5, 0.6) is 0 Å². The number of likely N-dealkylation sites (tertiary alicyclic amines) is 1. The van der Waals surface area contributed by atoms with Crippen molar-refractivity contribution in [2.24, 2.45) is 5.92 Å². The van der Waals surface area contributed by atoms with Crippen LogP contribution >= 0.6 is 0 Å². The van der Waals surface area contributed by atoms with E-state index in [-0.39, 0.29) is 36.5 Å². The summed E-state index contributed by atoms with van der Waals surface area (Å²) < 4.78 is 18.8. The Balaban J connectivity index is 1.31. The zero-order valence-electron chi connectivity index (χ0n) is 15.7. The molecule has 1 atom stereocenters. The highest BCUT2D eigenvalue weighted by molar-refractivity contribution is 5.89. The Morgan fingerprint density at radius 2 is 2.03 bits per heavy atom. The van der Waals surface area contributed by atoms with Crippen LogP contribution in [0, 0.1) is 11.7 Å². The second-order valence-electron chi connectivity index (χ2n) is 7.03. The summed E-state index contributed by atoms with van der Waals surface area (Å²) in [4.78, 5) is 30.5. The highest BCUT2D eigenvalue weighted by atomic mass is 19.1. The lowest BCUT2D eigenvalue weighted by molar-refractivity contribution is -0.129. The third kappa shape index (κ3) is 4.51. The molecule has 0 saturated carbocycles. The topological polar surface area (TPSA) is 75.4 Å². The number of benzene rings is 1. The summed E-state index contributed by atoms with van der Waals surface area (Å²) in [5, 5.41) is 2.84. The summed E-state index contributed by atoms with van der Waals surface area (Å²) in [6.07, 6.45) is 3.60. The van der Waals surface area contributed by atoms with Crippen molar-refractivity contribution in [3.05, 3.63) is 78.1 Å². The Morgan fingerprint density at radius 1 is 1.21 bits per heavy atom. The van der Waals surface area contributed by atoms with E-state index in [1.807, 2.05) is 12.1 Å². The van der Waals surface area contributed by atoms with Gasteiger partial charge < -0.3 is 14.6 Å². The summed E-state index contributed by atoms with van der Waals surface area (Å²) in [6.45, 7) is 1.07. The van der Waals surface area contributed by atoms with Gasteiger partial charge in [-0.05, 0) is 48.0 Å². The summed E-state index contributed by atoms with van der Waals surface area (Å²) in [6, 6.07) is 13.3. The van der Waals surface area contributed by atoms with Gasteiger partial charge in [0.05, 0.1) is 12.5 Å². The van der Waals surface area contributed by atoms with Gasteiger partial charge in [0.2, 0.25) is 11.8 Å². The summed E-state index contributed by atoms with van der Waals surface area (Å²) in [5.41, 5.74) is 1.70. The number of halogens is 1. The molecule has 0 radical (unpaired) electrons. The van der Waals surface area contributed by atoms with Crippen molar-refractivity contribution < 1.29 is 18.4 Å². The first-order valence-electron chi connectivity index (χ1n) is 9.37. The lowest BCUT2D eigenvalue weighted by atomic mass is 10.1. The van der Waals surface area contributed by atoms with E-state index in [4.69, 9.17) is 4.42 Å². The molecule has 0 aliphatic carbocycles. The van der Waals surface area contributed by atoms with Crippen molar-refractivity contribution >= 4 is 11.8 Å². The fraction of sp³-hybridized carbons (Fsp3) is 0.227. The van der Waals surface area contributed by atoms with Crippen LogP contribution in [0.1, 0.15) is 17.7 Å². The maximum Gasteiger partial charge on any atom is 0.225 e. The highest BCUT2D eigenvalue weighted by Crippen LogP contribution is 2.23. The number of carbonyl (C=O) groups is 2. The van der Waals surface area contributed by atoms with E-state index in [2.05, 4.69) is 10.3 Å². The van der Waals surface area contributed by atoms with Crippen LogP contribution in [0.3, 0.4) is 0 Å². The monoisotopic (exact) mass is 393 g/mol. The number of carbonyl (C=O) groups excluding carboxylic acids is 2. The number of nitrogens with zero attached hydrogens (tertiary/aromatic N) is 2. The first-order valence-corrected chi connectivity index (χ1v) is 9.37. The maximum atomic E-state index is 13.0. The molecule has 1 aliphatic rings. The average molecular weight is 393 g/mol. The molecule has 1 fully saturated rings. The number of pyridine rings is 1. The van der Waals surface area contributed by atoms with Crippen LogP contribution in [0.25, 0.3) is 11.3 Å². The van der Waals surface area contributed by atoms with Crippen molar-refractivity contribution in [2.75, 3.05) is 6.54 Å². The first-order chi connectivity index (χ1) is 14.1. The first kappa shape index (κ1) is 18.9. The number of hydrogen-bond acceptors (Lipinski definition) is 4. The Morgan fingerprint density at radius 3 is 2.79 bits per heavy atom. The fourth-order valence-electron chi connectivity index (χ4n) is 3.37. The Kier molecular flexibility index (Phi) is 5.37. The van der Waals surface area contributed by atoms with Crippen LogP contribution in [-0.2, 0) is 22.7 Å². The summed E-state index contributed by atoms with van der Waals surface area (Å²) >= 11 is 0. The van der Waals surface area contributed by atoms with Crippen LogP contribution in [0.15, 0.2) is 65.3 Å². The van der Waals surface area contributed by atoms with Gasteiger partial charge in [0.25, 0.3) is 0 Å². The number of aromatic nitrogens is 1. The fourth-order valence-corrected chi connectivity index (χ4v) is 3.37. The third-order valence-corrected chi connectivity index (χ3v) is 4.91. The molecular formula is C22H20FN3O3. The van der Waals surface area contributed by atoms with Crippen molar-refractivity contribution in [1.29, 1.82) is 0 Å². The normalized spacial score (nSPS) is 16.2. The van der Waals surface area contributed by atoms with Gasteiger partial charge in [0.1, 0.15) is 17.3 Å². The molecular weight excluding hydrogens is 373 g/mol. The molecule has 148 valence electrons. The SMILES string of the molecule is O=C(NCc1ccc(-c2ccc(F)cc2)o1)C1CC(=O)N(Cc2cccnc2)C1. The highest BCUT2D eigenvalue weighted by Gasteiger charge is 2.34. The molecule has 2 amide bonds. The quantitative estimate of drug-likeness (QED) is 0.698. The predicted octanol–water partition coefficient (Wildman–Crippen LogP) is 3.15. The minimum Gasteiger partial charge on any atom is -0.459 e. The molecule has 6 nitrogen and oxygen atoms in total. The molecule has 0 spiro atoms. The molecule has 1 aliphatic heterocycles. The van der Waals surface area contributed by atoms with E-state index in [9.17, 15) is 14.0 Å². The molecule has 0 bridgehead atoms. The van der Waals surface area contributed by atoms with Gasteiger partial charge in [-0.25, -0.2) is 4.39 Å². The molecule has 1 unspecified atom stereocenters. The van der Waals surface area contributed by atoms with Crippen molar-refractivity contribution in [2.45, 2.75) is 19.5 Å². The van der Waals surface area contributed by atoms with Crippen LogP contribution < -0.4 is 5.32 Å². The van der Waals surface area contributed by atoms with Gasteiger partial charge in [-0.2, -0.15) is 0 Å². The molecule has 1 aromatic carbocycles. The van der Waals surface area contributed by atoms with Crippen molar-refractivity contribution in [3.63, 3.8) is 0 Å². The Hall–Kier alpha value is -3.48. The summed E-state index contributed by atoms with van der Waals surface area (Å²) in [7, 11) is 0. The predicted molar refractivity (Wildman–Crippen MR) is 104 cm³/mol. The van der Waals surface area contributed by atoms with E-state index in [1.165, 1.54) is 12.1 Å². The molecule has 3 heterocycles. The van der Waals surface area contributed by atoms with Gasteiger partial charge >= 0.3 is 0 Å². The summed E-state index contributed by atoms with van der Waals surface area (Å²) in [5.74, 6) is 0.293. The van der Waals surface area contributed by atoms with Crippen LogP contribution in [0.2, 0.25) is 0 Å². The van der Waals surface area contributed by atoms with Crippen molar-refractivity contribution in [1.82, 2.24) is 15.2 Å². The number of furan rings is 1. The minimum atomic E-state index is -0.384. The second kappa shape index (κ2) is 8.26.